The van der Waals surface area contributed by atoms with Gasteiger partial charge in [0.2, 0.25) is 0 Å². The number of carbonyl (C=O) groups is 2. The van der Waals surface area contributed by atoms with Crippen LogP contribution in [0.4, 0.5) is 35.1 Å². The van der Waals surface area contributed by atoms with E-state index in [1.807, 2.05) is 0 Å². The zero-order valence-corrected chi connectivity index (χ0v) is 25.2. The van der Waals surface area contributed by atoms with Crippen molar-refractivity contribution in [3.8, 4) is 5.75 Å². The molecule has 0 aliphatic rings. The van der Waals surface area contributed by atoms with Crippen molar-refractivity contribution in [2.75, 3.05) is 33.0 Å². The largest absolute Gasteiger partial charge is 0.743 e. The Morgan fingerprint density at radius 2 is 1.46 bits per heavy atom. The molecule has 0 aromatic heterocycles. The molecule has 1 atom stereocenters. The summed E-state index contributed by atoms with van der Waals surface area (Å²) < 4.78 is 176. The molecule has 24 heteroatoms. The van der Waals surface area contributed by atoms with Gasteiger partial charge in [-0.3, -0.25) is 0 Å². The highest BCUT2D eigenvalue weighted by atomic mass is 127. The number of sulfonamides is 1. The Bertz CT molecular complexity index is 1300. The highest BCUT2D eigenvalue weighted by Gasteiger charge is 2.63. The van der Waals surface area contributed by atoms with Gasteiger partial charge in [0, 0.05) is 0 Å². The maximum Gasteiger partial charge on any atom is 0.480 e. The molecule has 0 heterocycles. The maximum atomic E-state index is 13.6. The zero-order valence-electron chi connectivity index (χ0n) is 19.3. The lowest BCUT2D eigenvalue weighted by atomic mass is 10.2. The van der Waals surface area contributed by atoms with Crippen LogP contribution in [0.5, 0.6) is 5.75 Å². The lowest BCUT2D eigenvalue weighted by Gasteiger charge is -2.29. The standard InChI is InChI=1S/C17H14F8I2NO11S2/c18-15(19,20)14(16(21,22)41(33,34)35)39-13(30)8-5-9(26)12(10(27)6-8)38-4-3-36-7-11(29)37-2-1-28-40(31,32)17(23,24)25/h5-6,14H,1-4,7H2,(H,33,34,35)/q-1/p-1. The molecule has 1 rings (SSSR count). The van der Waals surface area contributed by atoms with Crippen molar-refractivity contribution in [2.24, 2.45) is 0 Å². The number of esters is 2. The smallest absolute Gasteiger partial charge is 0.480 e. The SMILES string of the molecule is O=C(COCCOc1c(I)cc(C(=O)OC(C(F)(F)F)C(F)(F)S(=O)(=O)[O-])cc1I)OCC[N-]S(=O)(=O)C(F)(F)F. The lowest BCUT2D eigenvalue weighted by molar-refractivity contribution is -0.248. The molecule has 0 bridgehead atoms. The van der Waals surface area contributed by atoms with Crippen molar-refractivity contribution in [1.29, 1.82) is 0 Å². The number of rotatable bonds is 14. The van der Waals surface area contributed by atoms with Crippen LogP contribution in [0.15, 0.2) is 12.1 Å². The zero-order chi connectivity index (χ0) is 32.0. The summed E-state index contributed by atoms with van der Waals surface area (Å²) in [6.07, 6.45) is -10.7. The normalized spacial score (nSPS) is 13.9. The Kier molecular flexibility index (Phi) is 13.2. The molecule has 0 saturated heterocycles. The Morgan fingerprint density at radius 3 is 1.93 bits per heavy atom. The first-order chi connectivity index (χ1) is 18.4. The van der Waals surface area contributed by atoms with Gasteiger partial charge in [0.1, 0.15) is 19.0 Å². The quantitative estimate of drug-likeness (QED) is 0.0882. The summed E-state index contributed by atoms with van der Waals surface area (Å²) in [6.45, 7) is -3.14. The number of hydrogen-bond acceptors (Lipinski definition) is 11. The molecule has 0 amide bonds. The van der Waals surface area contributed by atoms with Gasteiger partial charge >= 0.3 is 28.9 Å². The van der Waals surface area contributed by atoms with Gasteiger partial charge in [-0.1, -0.05) is 0 Å². The average Bonchev–Trinajstić information content (AvgIpc) is 2.78. The fourth-order valence-electron chi connectivity index (χ4n) is 2.24. The first kappa shape index (κ1) is 37.7. The number of ether oxygens (including phenoxy) is 4. The summed E-state index contributed by atoms with van der Waals surface area (Å²) in [7, 11) is -12.6. The molecular weight excluding hydrogens is 864 g/mol. The molecule has 41 heavy (non-hydrogen) atoms. The first-order valence-corrected chi connectivity index (χ1v) is 14.9. The number of alkyl halides is 8. The Hall–Kier alpha value is -1.36. The molecule has 1 aromatic carbocycles. The second kappa shape index (κ2) is 14.4. The molecule has 0 fully saturated rings. The van der Waals surface area contributed by atoms with E-state index in [0.29, 0.717) is 0 Å². The summed E-state index contributed by atoms with van der Waals surface area (Å²) in [5, 5.41) is -6.03. The van der Waals surface area contributed by atoms with Crippen molar-refractivity contribution < 1.29 is 85.0 Å². The van der Waals surface area contributed by atoms with Gasteiger partial charge in [0.15, 0.2) is 20.1 Å². The van der Waals surface area contributed by atoms with E-state index < -0.39 is 80.4 Å². The number of halogens is 10. The van der Waals surface area contributed by atoms with Gasteiger partial charge in [-0.2, -0.15) is 35.1 Å². The Balaban J connectivity index is 2.66. The van der Waals surface area contributed by atoms with E-state index in [1.165, 1.54) is 45.2 Å². The number of hydrogen-bond donors (Lipinski definition) is 0. The van der Waals surface area contributed by atoms with Crippen LogP contribution in [0.2, 0.25) is 0 Å². The fraction of sp³-hybridized carbons (Fsp3) is 0.529. The van der Waals surface area contributed by atoms with Gasteiger partial charge in [-0.05, 0) is 57.3 Å². The summed E-state index contributed by atoms with van der Waals surface area (Å²) >= 11 is 3.07. The number of nitrogens with zero attached hydrogens (tertiary/aromatic N) is 1. The van der Waals surface area contributed by atoms with Crippen LogP contribution in [0, 0.1) is 7.14 Å². The molecule has 236 valence electrons. The van der Waals surface area contributed by atoms with Crippen molar-refractivity contribution in [3.63, 3.8) is 0 Å². The van der Waals surface area contributed by atoms with E-state index in [-0.39, 0.29) is 26.1 Å². The third-order valence-electron chi connectivity index (χ3n) is 4.00. The van der Waals surface area contributed by atoms with Crippen LogP contribution in [0.1, 0.15) is 10.4 Å². The molecule has 0 aliphatic heterocycles. The summed E-state index contributed by atoms with van der Waals surface area (Å²) in [6, 6.07) is 1.67. The second-order valence-electron chi connectivity index (χ2n) is 7.01. The predicted molar refractivity (Wildman–Crippen MR) is 132 cm³/mol. The minimum Gasteiger partial charge on any atom is -0.743 e. The van der Waals surface area contributed by atoms with E-state index in [0.717, 1.165) is 12.1 Å². The summed E-state index contributed by atoms with van der Waals surface area (Å²) in [5.74, 6) is -3.13. The van der Waals surface area contributed by atoms with E-state index >= 15 is 0 Å². The summed E-state index contributed by atoms with van der Waals surface area (Å²) in [5.41, 5.74) is -6.34. The van der Waals surface area contributed by atoms with Crippen molar-refractivity contribution in [3.05, 3.63) is 29.6 Å². The van der Waals surface area contributed by atoms with E-state index in [2.05, 4.69) is 14.2 Å². The van der Waals surface area contributed by atoms with Crippen molar-refractivity contribution in [1.82, 2.24) is 0 Å². The lowest BCUT2D eigenvalue weighted by Crippen LogP contribution is -2.52. The van der Waals surface area contributed by atoms with E-state index in [4.69, 9.17) is 9.47 Å². The Morgan fingerprint density at radius 1 is 0.927 bits per heavy atom. The van der Waals surface area contributed by atoms with Gasteiger partial charge < -0.3 is 28.2 Å². The first-order valence-electron chi connectivity index (χ1n) is 9.88. The molecule has 0 aliphatic carbocycles. The van der Waals surface area contributed by atoms with Crippen LogP contribution in [-0.4, -0.2) is 89.3 Å². The van der Waals surface area contributed by atoms with Gasteiger partial charge in [0.25, 0.3) is 6.10 Å². The average molecular weight is 877 g/mol. The van der Waals surface area contributed by atoms with Gasteiger partial charge in [0.05, 0.1) is 25.9 Å². The maximum absolute atomic E-state index is 13.6. The minimum atomic E-state index is -6.88. The van der Waals surface area contributed by atoms with Crippen LogP contribution < -0.4 is 4.74 Å². The fourth-order valence-corrected chi connectivity index (χ4v) is 5.22. The van der Waals surface area contributed by atoms with Gasteiger partial charge in [-0.15, -0.1) is 6.54 Å². The molecule has 1 aromatic rings. The molecule has 0 radical (unpaired) electrons. The molecule has 0 spiro atoms. The number of benzene rings is 1. The molecule has 12 nitrogen and oxygen atoms in total. The van der Waals surface area contributed by atoms with Crippen LogP contribution in [-0.2, 0) is 39.1 Å². The summed E-state index contributed by atoms with van der Waals surface area (Å²) in [4.78, 5) is 23.5. The highest BCUT2D eigenvalue weighted by molar-refractivity contribution is 14.1. The highest BCUT2D eigenvalue weighted by Crippen LogP contribution is 2.39. The molecule has 1 unspecified atom stereocenters. The van der Waals surface area contributed by atoms with Gasteiger partial charge in [-0.25, -0.2) is 26.4 Å². The van der Waals surface area contributed by atoms with Crippen LogP contribution in [0.25, 0.3) is 4.72 Å². The van der Waals surface area contributed by atoms with Crippen LogP contribution in [0.3, 0.4) is 0 Å². The molecule has 0 saturated carbocycles. The number of carbonyl (C=O) groups excluding carboxylic acids is 2. The minimum absolute atomic E-state index is 0.00116. The second-order valence-corrected chi connectivity index (χ2v) is 12.5. The van der Waals surface area contributed by atoms with E-state index in [1.54, 1.807) is 0 Å². The molecule has 0 N–H and O–H groups in total. The Labute approximate surface area is 252 Å². The molecular formula is C17H13F8I2NO11S2-2. The monoisotopic (exact) mass is 877 g/mol. The predicted octanol–water partition coefficient (Wildman–Crippen LogP) is 3.28. The van der Waals surface area contributed by atoms with Crippen LogP contribution >= 0.6 is 45.2 Å². The van der Waals surface area contributed by atoms with E-state index in [9.17, 15) is 66.1 Å². The van der Waals surface area contributed by atoms with Crippen molar-refractivity contribution >= 4 is 77.3 Å². The topological polar surface area (TPSA) is 176 Å². The van der Waals surface area contributed by atoms with Crippen molar-refractivity contribution in [2.45, 2.75) is 23.0 Å². The third-order valence-corrected chi connectivity index (χ3v) is 7.59. The third kappa shape index (κ3) is 11.0.